The van der Waals surface area contributed by atoms with Gasteiger partial charge in [0.1, 0.15) is 0 Å². The maximum absolute atomic E-state index is 12.5. The maximum atomic E-state index is 12.5. The van der Waals surface area contributed by atoms with Crippen molar-refractivity contribution in [1.29, 1.82) is 0 Å². The molecule has 1 aromatic rings. The fourth-order valence-corrected chi connectivity index (χ4v) is 6.50. The summed E-state index contributed by atoms with van der Waals surface area (Å²) in [7, 11) is 4.21. The molecule has 0 saturated heterocycles. The Balaban J connectivity index is 1.44. The van der Waals surface area contributed by atoms with E-state index in [0.717, 1.165) is 24.3 Å². The minimum Gasteiger partial charge on any atom is -0.334 e. The molecule has 5 nitrogen and oxygen atoms in total. The fraction of sp³-hybridized carbons (Fsp3) is 0.684. The monoisotopic (exact) mass is 361 g/mol. The number of fused-ring (bicyclic) bond motifs is 5. The third kappa shape index (κ3) is 3.10. The number of hydrogen-bond acceptors (Lipinski definition) is 4. The second-order valence-electron chi connectivity index (χ2n) is 8.18. The molecule has 4 rings (SSSR count). The van der Waals surface area contributed by atoms with E-state index in [2.05, 4.69) is 29.6 Å². The summed E-state index contributed by atoms with van der Waals surface area (Å²) in [6.45, 7) is 1.01. The number of carbonyl (C=O) groups excluding carboxylic acids is 2. The molecule has 3 aliphatic rings. The van der Waals surface area contributed by atoms with Crippen molar-refractivity contribution < 1.29 is 9.59 Å². The smallest absolute Gasteiger partial charge is 0.321 e. The van der Waals surface area contributed by atoms with Gasteiger partial charge in [-0.2, -0.15) is 0 Å². The summed E-state index contributed by atoms with van der Waals surface area (Å²) < 4.78 is 0. The summed E-state index contributed by atoms with van der Waals surface area (Å²) >= 11 is 1.35. The van der Waals surface area contributed by atoms with E-state index in [1.807, 2.05) is 11.4 Å². The Morgan fingerprint density at radius 1 is 1.20 bits per heavy atom. The molecule has 3 aliphatic carbocycles. The van der Waals surface area contributed by atoms with Crippen molar-refractivity contribution in [3.63, 3.8) is 0 Å². The highest BCUT2D eigenvalue weighted by Gasteiger charge is 2.59. The third-order valence-corrected chi connectivity index (χ3v) is 7.46. The van der Waals surface area contributed by atoms with Crippen LogP contribution in [0.15, 0.2) is 17.5 Å². The van der Waals surface area contributed by atoms with E-state index in [9.17, 15) is 9.59 Å². The van der Waals surface area contributed by atoms with E-state index in [1.54, 1.807) is 6.07 Å². The van der Waals surface area contributed by atoms with Gasteiger partial charge in [0.05, 0.1) is 4.88 Å². The first-order valence-corrected chi connectivity index (χ1v) is 10.2. The number of nitrogens with one attached hydrogen (secondary N) is 2. The van der Waals surface area contributed by atoms with Crippen molar-refractivity contribution in [2.24, 2.45) is 29.6 Å². The highest BCUT2D eigenvalue weighted by Crippen LogP contribution is 2.61. The number of urea groups is 1. The van der Waals surface area contributed by atoms with E-state index in [1.165, 1.54) is 37.0 Å². The number of thiophene rings is 1. The minimum absolute atomic E-state index is 0.197. The van der Waals surface area contributed by atoms with Gasteiger partial charge in [-0.25, -0.2) is 4.79 Å². The molecule has 3 amide bonds. The Kier molecular flexibility index (Phi) is 4.58. The standard InChI is InChI=1S/C19H27N3O2S/c1-22(2)10-15-13-9-14(12-6-3-5-11(12)13)17(15)20-19(24)21-18(23)16-7-4-8-25-16/h4,7-8,11-15,17H,3,5-6,9-10H2,1-2H3,(H2,20,21,23,24). The predicted molar refractivity (Wildman–Crippen MR) is 98.6 cm³/mol. The zero-order chi connectivity index (χ0) is 17.6. The Hall–Kier alpha value is -1.40. The number of rotatable bonds is 4. The number of amides is 3. The molecule has 1 heterocycles. The first-order chi connectivity index (χ1) is 12.0. The van der Waals surface area contributed by atoms with Crippen molar-refractivity contribution in [2.75, 3.05) is 20.6 Å². The highest BCUT2D eigenvalue weighted by molar-refractivity contribution is 7.12. The lowest BCUT2D eigenvalue weighted by Gasteiger charge is -2.39. The lowest BCUT2D eigenvalue weighted by atomic mass is 9.72. The van der Waals surface area contributed by atoms with Crippen LogP contribution in [0.1, 0.15) is 35.4 Å². The van der Waals surface area contributed by atoms with Gasteiger partial charge in [-0.15, -0.1) is 11.3 Å². The molecule has 0 aliphatic heterocycles. The van der Waals surface area contributed by atoms with Crippen LogP contribution in [-0.4, -0.2) is 43.5 Å². The van der Waals surface area contributed by atoms with Crippen LogP contribution >= 0.6 is 11.3 Å². The average Bonchev–Trinajstić information content (AvgIpc) is 3.30. The van der Waals surface area contributed by atoms with Crippen LogP contribution < -0.4 is 10.6 Å². The molecule has 1 aromatic heterocycles. The number of hydrogen-bond donors (Lipinski definition) is 2. The van der Waals surface area contributed by atoms with Crippen LogP contribution in [0.3, 0.4) is 0 Å². The molecular formula is C19H27N3O2S. The minimum atomic E-state index is -0.339. The lowest BCUT2D eigenvalue weighted by Crippen LogP contribution is -2.53. The summed E-state index contributed by atoms with van der Waals surface area (Å²) in [4.78, 5) is 27.4. The normalized spacial score (nSPS) is 35.8. The molecule has 0 aromatic carbocycles. The van der Waals surface area contributed by atoms with Crippen molar-refractivity contribution in [3.05, 3.63) is 22.4 Å². The van der Waals surface area contributed by atoms with Crippen LogP contribution in [0.25, 0.3) is 0 Å². The molecule has 6 heteroatoms. The first kappa shape index (κ1) is 17.0. The first-order valence-electron chi connectivity index (χ1n) is 9.34. The molecule has 3 saturated carbocycles. The van der Waals surface area contributed by atoms with Gasteiger partial charge in [0.25, 0.3) is 5.91 Å². The summed E-state index contributed by atoms with van der Waals surface area (Å²) in [6.07, 6.45) is 5.27. The van der Waals surface area contributed by atoms with Crippen molar-refractivity contribution in [1.82, 2.24) is 15.5 Å². The molecule has 25 heavy (non-hydrogen) atoms. The van der Waals surface area contributed by atoms with Crippen molar-refractivity contribution >= 4 is 23.3 Å². The summed E-state index contributed by atoms with van der Waals surface area (Å²) in [5.74, 6) is 3.16. The maximum Gasteiger partial charge on any atom is 0.321 e. The predicted octanol–water partition coefficient (Wildman–Crippen LogP) is 2.80. The number of imide groups is 1. The van der Waals surface area contributed by atoms with Crippen LogP contribution in [0.5, 0.6) is 0 Å². The van der Waals surface area contributed by atoms with Gasteiger partial charge in [-0.1, -0.05) is 12.5 Å². The van der Waals surface area contributed by atoms with Gasteiger partial charge in [-0.05, 0) is 74.4 Å². The summed E-state index contributed by atoms with van der Waals surface area (Å²) in [5.41, 5.74) is 0. The molecule has 0 radical (unpaired) electrons. The van der Waals surface area contributed by atoms with E-state index in [4.69, 9.17) is 0 Å². The fourth-order valence-electron chi connectivity index (χ4n) is 5.88. The topological polar surface area (TPSA) is 61.4 Å². The molecule has 0 spiro atoms. The van der Waals surface area contributed by atoms with E-state index in [0.29, 0.717) is 16.7 Å². The second kappa shape index (κ2) is 6.72. The summed E-state index contributed by atoms with van der Waals surface area (Å²) in [6, 6.07) is 3.42. The van der Waals surface area contributed by atoms with Crippen LogP contribution in [0.2, 0.25) is 0 Å². The molecule has 136 valence electrons. The highest BCUT2D eigenvalue weighted by atomic mass is 32.1. The van der Waals surface area contributed by atoms with E-state index < -0.39 is 0 Å². The molecule has 2 N–H and O–H groups in total. The van der Waals surface area contributed by atoms with E-state index in [-0.39, 0.29) is 18.0 Å². The van der Waals surface area contributed by atoms with Gasteiger partial charge in [-0.3, -0.25) is 10.1 Å². The molecule has 2 bridgehead atoms. The van der Waals surface area contributed by atoms with Gasteiger partial charge >= 0.3 is 6.03 Å². The van der Waals surface area contributed by atoms with Crippen molar-refractivity contribution in [3.8, 4) is 0 Å². The third-order valence-electron chi connectivity index (χ3n) is 6.59. The molecule has 3 fully saturated rings. The van der Waals surface area contributed by atoms with Gasteiger partial charge < -0.3 is 10.2 Å². The Morgan fingerprint density at radius 3 is 2.64 bits per heavy atom. The molecule has 6 unspecified atom stereocenters. The Bertz CT molecular complexity index is 645. The Morgan fingerprint density at radius 2 is 1.96 bits per heavy atom. The van der Waals surface area contributed by atoms with Crippen LogP contribution in [0.4, 0.5) is 4.79 Å². The molecule has 6 atom stereocenters. The van der Waals surface area contributed by atoms with Crippen LogP contribution in [0, 0.1) is 29.6 Å². The van der Waals surface area contributed by atoms with Gasteiger partial charge in [0.2, 0.25) is 0 Å². The number of carbonyl (C=O) groups is 2. The second-order valence-corrected chi connectivity index (χ2v) is 9.13. The Labute approximate surface area is 153 Å². The van der Waals surface area contributed by atoms with E-state index >= 15 is 0 Å². The SMILES string of the molecule is CN(C)CC1C2CC(C3CCCC32)C1NC(=O)NC(=O)c1cccs1. The largest absolute Gasteiger partial charge is 0.334 e. The van der Waals surface area contributed by atoms with Crippen molar-refractivity contribution in [2.45, 2.75) is 31.7 Å². The summed E-state index contributed by atoms with van der Waals surface area (Å²) in [5, 5.41) is 7.53. The van der Waals surface area contributed by atoms with Gasteiger partial charge in [0, 0.05) is 12.6 Å². The quantitative estimate of drug-likeness (QED) is 0.867. The van der Waals surface area contributed by atoms with Crippen LogP contribution in [-0.2, 0) is 0 Å². The lowest BCUT2D eigenvalue weighted by molar-refractivity contribution is 0.0954. The zero-order valence-electron chi connectivity index (χ0n) is 14.9. The number of nitrogens with zero attached hydrogens (tertiary/aromatic N) is 1. The average molecular weight is 362 g/mol. The molecular weight excluding hydrogens is 334 g/mol. The van der Waals surface area contributed by atoms with Gasteiger partial charge in [0.15, 0.2) is 0 Å². The zero-order valence-corrected chi connectivity index (χ0v) is 15.7.